The summed E-state index contributed by atoms with van der Waals surface area (Å²) in [5, 5.41) is 3.74. The lowest BCUT2D eigenvalue weighted by Gasteiger charge is -2.45. The summed E-state index contributed by atoms with van der Waals surface area (Å²) in [6, 6.07) is 9.95. The van der Waals surface area contributed by atoms with Crippen LogP contribution in [-0.4, -0.2) is 30.1 Å². The summed E-state index contributed by atoms with van der Waals surface area (Å²) in [5.41, 5.74) is 1.72. The fourth-order valence-corrected chi connectivity index (χ4v) is 3.12. The Labute approximate surface area is 132 Å². The molecule has 0 radical (unpaired) electrons. The lowest BCUT2D eigenvalue weighted by Crippen LogP contribution is -2.59. The average molecular weight is 339 g/mol. The van der Waals surface area contributed by atoms with Crippen LogP contribution in [0.25, 0.3) is 0 Å². The molecule has 1 heterocycles. The van der Waals surface area contributed by atoms with E-state index in [-0.39, 0.29) is 0 Å². The predicted molar refractivity (Wildman–Crippen MR) is 89.9 cm³/mol. The van der Waals surface area contributed by atoms with Gasteiger partial charge in [0.25, 0.3) is 0 Å². The molecule has 0 amide bonds. The van der Waals surface area contributed by atoms with E-state index in [1.165, 1.54) is 12.0 Å². The first-order valence-electron chi connectivity index (χ1n) is 7.62. The maximum absolute atomic E-state index is 3.74. The Morgan fingerprint density at radius 2 is 1.90 bits per heavy atom. The van der Waals surface area contributed by atoms with Crippen LogP contribution in [0.2, 0.25) is 0 Å². The van der Waals surface area contributed by atoms with Crippen molar-refractivity contribution < 1.29 is 0 Å². The van der Waals surface area contributed by atoms with Gasteiger partial charge in [0.15, 0.2) is 0 Å². The summed E-state index contributed by atoms with van der Waals surface area (Å²) in [5.74, 6) is 0. The minimum atomic E-state index is 0.316. The number of hydrogen-bond donors (Lipinski definition) is 1. The number of nitrogens with one attached hydrogen (secondary N) is 1. The summed E-state index contributed by atoms with van der Waals surface area (Å²) in [6.45, 7) is 12.6. The van der Waals surface area contributed by atoms with Gasteiger partial charge in [0.2, 0.25) is 0 Å². The van der Waals surface area contributed by atoms with Crippen LogP contribution in [0.1, 0.15) is 39.7 Å². The monoisotopic (exact) mass is 338 g/mol. The van der Waals surface area contributed by atoms with Gasteiger partial charge in [-0.05, 0) is 29.5 Å². The normalized spacial score (nSPS) is 24.9. The van der Waals surface area contributed by atoms with Crippen LogP contribution >= 0.6 is 15.9 Å². The number of halogens is 1. The van der Waals surface area contributed by atoms with E-state index in [1.807, 2.05) is 0 Å². The summed E-state index contributed by atoms with van der Waals surface area (Å²) >= 11 is 3.51. The van der Waals surface area contributed by atoms with Crippen LogP contribution in [0.4, 0.5) is 0 Å². The molecule has 0 aliphatic carbocycles. The van der Waals surface area contributed by atoms with E-state index in [2.05, 4.69) is 78.1 Å². The molecular formula is C17H27BrN2. The summed E-state index contributed by atoms with van der Waals surface area (Å²) in [7, 11) is 0. The van der Waals surface area contributed by atoms with Crippen molar-refractivity contribution in [3.8, 4) is 0 Å². The molecule has 1 aromatic carbocycles. The highest BCUT2D eigenvalue weighted by molar-refractivity contribution is 9.10. The highest BCUT2D eigenvalue weighted by Crippen LogP contribution is 2.25. The number of piperazine rings is 1. The van der Waals surface area contributed by atoms with E-state index in [1.54, 1.807) is 0 Å². The van der Waals surface area contributed by atoms with Gasteiger partial charge >= 0.3 is 0 Å². The molecule has 2 atom stereocenters. The Morgan fingerprint density at radius 3 is 2.45 bits per heavy atom. The summed E-state index contributed by atoms with van der Waals surface area (Å²) in [4.78, 5) is 2.65. The van der Waals surface area contributed by atoms with Gasteiger partial charge in [-0.15, -0.1) is 0 Å². The zero-order valence-electron chi connectivity index (χ0n) is 13.1. The van der Waals surface area contributed by atoms with Crippen molar-refractivity contribution >= 4 is 15.9 Å². The van der Waals surface area contributed by atoms with Crippen molar-refractivity contribution in [1.82, 2.24) is 10.2 Å². The van der Waals surface area contributed by atoms with E-state index in [4.69, 9.17) is 0 Å². The Morgan fingerprint density at radius 1 is 1.25 bits per heavy atom. The highest BCUT2D eigenvalue weighted by atomic mass is 79.9. The molecule has 2 rings (SSSR count). The van der Waals surface area contributed by atoms with Gasteiger partial charge in [-0.25, -0.2) is 0 Å². The van der Waals surface area contributed by atoms with E-state index in [0.717, 1.165) is 24.1 Å². The quantitative estimate of drug-likeness (QED) is 0.894. The first kappa shape index (κ1) is 16.0. The first-order valence-corrected chi connectivity index (χ1v) is 8.41. The summed E-state index contributed by atoms with van der Waals surface area (Å²) < 4.78 is 1.15. The van der Waals surface area contributed by atoms with Crippen molar-refractivity contribution in [3.63, 3.8) is 0 Å². The molecule has 20 heavy (non-hydrogen) atoms. The highest BCUT2D eigenvalue weighted by Gasteiger charge is 2.33. The van der Waals surface area contributed by atoms with Crippen molar-refractivity contribution in [1.29, 1.82) is 0 Å². The lowest BCUT2D eigenvalue weighted by molar-refractivity contribution is 0.0775. The standard InChI is InChI=1S/C17H27BrN2/c1-5-15-10-19-16(17(2,3)4)12-20(15)11-13-6-8-14(18)9-7-13/h6-9,15-16,19H,5,10-12H2,1-4H3. The second kappa shape index (κ2) is 6.59. The van der Waals surface area contributed by atoms with Crippen molar-refractivity contribution in [3.05, 3.63) is 34.3 Å². The minimum absolute atomic E-state index is 0.316. The molecular weight excluding hydrogens is 312 g/mol. The fraction of sp³-hybridized carbons (Fsp3) is 0.647. The van der Waals surface area contributed by atoms with Gasteiger partial charge in [-0.3, -0.25) is 4.90 Å². The molecule has 0 bridgehead atoms. The second-order valence-electron chi connectivity index (χ2n) is 6.94. The van der Waals surface area contributed by atoms with Crippen molar-refractivity contribution in [2.45, 2.75) is 52.7 Å². The fourth-order valence-electron chi connectivity index (χ4n) is 2.86. The Hall–Kier alpha value is -0.380. The third-order valence-electron chi connectivity index (χ3n) is 4.35. The van der Waals surface area contributed by atoms with Gasteiger partial charge in [0, 0.05) is 36.2 Å². The minimum Gasteiger partial charge on any atom is -0.311 e. The van der Waals surface area contributed by atoms with Crippen LogP contribution in [0, 0.1) is 5.41 Å². The Kier molecular flexibility index (Phi) is 5.27. The van der Waals surface area contributed by atoms with Crippen molar-refractivity contribution in [2.24, 2.45) is 5.41 Å². The SMILES string of the molecule is CCC1CNC(C(C)(C)C)CN1Cc1ccc(Br)cc1. The average Bonchev–Trinajstić information content (AvgIpc) is 2.40. The molecule has 2 unspecified atom stereocenters. The van der Waals surface area contributed by atoms with Crippen LogP contribution in [0.15, 0.2) is 28.7 Å². The van der Waals surface area contributed by atoms with Crippen LogP contribution in [0.5, 0.6) is 0 Å². The molecule has 1 fully saturated rings. The number of hydrogen-bond acceptors (Lipinski definition) is 2. The van der Waals surface area contributed by atoms with Crippen molar-refractivity contribution in [2.75, 3.05) is 13.1 Å². The molecule has 1 aliphatic rings. The molecule has 1 aliphatic heterocycles. The van der Waals surface area contributed by atoms with Gasteiger partial charge in [-0.1, -0.05) is 55.8 Å². The van der Waals surface area contributed by atoms with E-state index < -0.39 is 0 Å². The smallest absolute Gasteiger partial charge is 0.0244 e. The molecule has 1 saturated heterocycles. The number of nitrogens with zero attached hydrogens (tertiary/aromatic N) is 1. The molecule has 0 saturated carbocycles. The molecule has 112 valence electrons. The van der Waals surface area contributed by atoms with E-state index in [0.29, 0.717) is 17.5 Å². The molecule has 0 aromatic heterocycles. The van der Waals surface area contributed by atoms with Crippen LogP contribution in [-0.2, 0) is 6.54 Å². The first-order chi connectivity index (χ1) is 9.40. The molecule has 1 N–H and O–H groups in total. The maximum Gasteiger partial charge on any atom is 0.0244 e. The largest absolute Gasteiger partial charge is 0.311 e. The molecule has 1 aromatic rings. The van der Waals surface area contributed by atoms with Gasteiger partial charge in [-0.2, -0.15) is 0 Å². The van der Waals surface area contributed by atoms with Gasteiger partial charge in [0.1, 0.15) is 0 Å². The number of benzene rings is 1. The van der Waals surface area contributed by atoms with Gasteiger partial charge in [0.05, 0.1) is 0 Å². The lowest BCUT2D eigenvalue weighted by atomic mass is 9.84. The Balaban J connectivity index is 2.07. The third-order valence-corrected chi connectivity index (χ3v) is 4.88. The molecule has 0 spiro atoms. The number of rotatable bonds is 3. The molecule has 2 nitrogen and oxygen atoms in total. The second-order valence-corrected chi connectivity index (χ2v) is 7.86. The molecule has 3 heteroatoms. The summed E-state index contributed by atoms with van der Waals surface area (Å²) in [6.07, 6.45) is 1.21. The Bertz CT molecular complexity index is 422. The van der Waals surface area contributed by atoms with Crippen LogP contribution in [0.3, 0.4) is 0 Å². The maximum atomic E-state index is 3.74. The topological polar surface area (TPSA) is 15.3 Å². The van der Waals surface area contributed by atoms with Gasteiger partial charge < -0.3 is 5.32 Å². The third kappa shape index (κ3) is 4.06. The predicted octanol–water partition coefficient (Wildman–Crippen LogP) is 4.05. The zero-order chi connectivity index (χ0) is 14.8. The van der Waals surface area contributed by atoms with E-state index in [9.17, 15) is 0 Å². The van der Waals surface area contributed by atoms with Crippen LogP contribution < -0.4 is 5.32 Å². The zero-order valence-corrected chi connectivity index (χ0v) is 14.7. The van der Waals surface area contributed by atoms with E-state index >= 15 is 0 Å².